The lowest BCUT2D eigenvalue weighted by molar-refractivity contribution is 0.0546. The third kappa shape index (κ3) is 3.38. The van der Waals surface area contributed by atoms with E-state index in [4.69, 9.17) is 11.6 Å². The average Bonchev–Trinajstić information content (AvgIpc) is 2.57. The molecule has 1 atom stereocenters. The van der Waals surface area contributed by atoms with Crippen molar-refractivity contribution in [1.29, 1.82) is 0 Å². The van der Waals surface area contributed by atoms with Gasteiger partial charge in [-0.15, -0.1) is 0 Å². The molecular weight excluding hydrogens is 315 g/mol. The number of carbonyl (C=O) groups excluding carboxylic acids is 1. The molecule has 0 saturated carbocycles. The lowest BCUT2D eigenvalue weighted by Gasteiger charge is -2.39. The molecule has 0 aromatic heterocycles. The van der Waals surface area contributed by atoms with Crippen molar-refractivity contribution in [1.82, 2.24) is 9.80 Å². The number of amides is 1. The molecule has 1 saturated heterocycles. The Morgan fingerprint density at radius 3 is 2.65 bits per heavy atom. The fourth-order valence-corrected chi connectivity index (χ4v) is 3.12. The molecule has 3 nitrogen and oxygen atoms in total. The van der Waals surface area contributed by atoms with E-state index in [0.717, 1.165) is 12.1 Å². The average molecular weight is 333 g/mol. The van der Waals surface area contributed by atoms with Gasteiger partial charge in [0, 0.05) is 19.6 Å². The lowest BCUT2D eigenvalue weighted by atomic mass is 10.0. The van der Waals surface area contributed by atoms with Crippen LogP contribution in [0.4, 0.5) is 4.39 Å². The molecule has 1 amide bonds. The van der Waals surface area contributed by atoms with Crippen molar-refractivity contribution in [3.8, 4) is 0 Å². The molecule has 2 aromatic carbocycles. The van der Waals surface area contributed by atoms with Gasteiger partial charge in [-0.05, 0) is 30.8 Å². The first-order valence-corrected chi connectivity index (χ1v) is 7.93. The summed E-state index contributed by atoms with van der Waals surface area (Å²) in [6.07, 6.45) is 0. The Morgan fingerprint density at radius 2 is 1.91 bits per heavy atom. The van der Waals surface area contributed by atoms with Crippen molar-refractivity contribution in [2.24, 2.45) is 0 Å². The van der Waals surface area contributed by atoms with Crippen LogP contribution < -0.4 is 0 Å². The molecule has 1 fully saturated rings. The number of rotatable bonds is 2. The molecular formula is C18H18ClFN2O. The summed E-state index contributed by atoms with van der Waals surface area (Å²) in [4.78, 5) is 16.7. The Labute approximate surface area is 140 Å². The van der Waals surface area contributed by atoms with E-state index in [-0.39, 0.29) is 22.5 Å². The van der Waals surface area contributed by atoms with E-state index in [2.05, 4.69) is 24.1 Å². The zero-order valence-electron chi connectivity index (χ0n) is 12.9. The molecule has 3 rings (SSSR count). The fourth-order valence-electron chi connectivity index (χ4n) is 2.92. The molecule has 1 heterocycles. The molecule has 1 aliphatic heterocycles. The highest BCUT2D eigenvalue weighted by molar-refractivity contribution is 6.33. The highest BCUT2D eigenvalue weighted by atomic mass is 35.5. The molecule has 5 heteroatoms. The second-order valence-corrected chi connectivity index (χ2v) is 6.19. The van der Waals surface area contributed by atoms with E-state index in [1.165, 1.54) is 18.2 Å². The maximum Gasteiger partial charge on any atom is 0.255 e. The maximum absolute atomic E-state index is 13.4. The van der Waals surface area contributed by atoms with Crippen molar-refractivity contribution in [2.45, 2.75) is 6.04 Å². The van der Waals surface area contributed by atoms with Crippen LogP contribution in [-0.2, 0) is 0 Å². The number of likely N-dealkylation sites (N-methyl/N-ethyl adjacent to an activating group) is 1. The number of nitrogens with zero attached hydrogens (tertiary/aromatic N) is 2. The summed E-state index contributed by atoms with van der Waals surface area (Å²) >= 11 is 6.07. The van der Waals surface area contributed by atoms with Crippen LogP contribution in [0.15, 0.2) is 48.5 Å². The maximum atomic E-state index is 13.4. The van der Waals surface area contributed by atoms with Crippen molar-refractivity contribution in [3.63, 3.8) is 0 Å². The molecule has 0 bridgehead atoms. The number of carbonyl (C=O) groups is 1. The van der Waals surface area contributed by atoms with Crippen LogP contribution in [0, 0.1) is 5.82 Å². The zero-order chi connectivity index (χ0) is 16.4. The minimum absolute atomic E-state index is 0.126. The summed E-state index contributed by atoms with van der Waals surface area (Å²) in [5, 5.41) is 0.284. The summed E-state index contributed by atoms with van der Waals surface area (Å²) in [6.45, 7) is 1.93. The summed E-state index contributed by atoms with van der Waals surface area (Å²) in [6, 6.07) is 14.1. The van der Waals surface area contributed by atoms with E-state index >= 15 is 0 Å². The van der Waals surface area contributed by atoms with Gasteiger partial charge >= 0.3 is 0 Å². The first-order valence-electron chi connectivity index (χ1n) is 7.56. The van der Waals surface area contributed by atoms with Gasteiger partial charge < -0.3 is 4.90 Å². The van der Waals surface area contributed by atoms with Gasteiger partial charge in [-0.25, -0.2) is 4.39 Å². The van der Waals surface area contributed by atoms with Crippen LogP contribution in [0.3, 0.4) is 0 Å². The third-order valence-corrected chi connectivity index (χ3v) is 4.61. The van der Waals surface area contributed by atoms with Gasteiger partial charge in [0.05, 0.1) is 16.6 Å². The largest absolute Gasteiger partial charge is 0.335 e. The monoisotopic (exact) mass is 332 g/mol. The summed E-state index contributed by atoms with van der Waals surface area (Å²) < 4.78 is 13.4. The van der Waals surface area contributed by atoms with Crippen LogP contribution in [-0.4, -0.2) is 42.4 Å². The summed E-state index contributed by atoms with van der Waals surface area (Å²) in [5.74, 6) is -0.671. The van der Waals surface area contributed by atoms with Crippen molar-refractivity contribution >= 4 is 17.5 Å². The smallest absolute Gasteiger partial charge is 0.255 e. The van der Waals surface area contributed by atoms with E-state index in [1.54, 1.807) is 4.90 Å². The number of hydrogen-bond donors (Lipinski definition) is 0. The Bertz CT molecular complexity index is 707. The molecule has 2 aromatic rings. The second kappa shape index (κ2) is 6.69. The minimum atomic E-state index is -0.452. The molecule has 0 N–H and O–H groups in total. The first-order chi connectivity index (χ1) is 11.1. The molecule has 0 radical (unpaired) electrons. The predicted octanol–water partition coefficient (Wildman–Crippen LogP) is 3.61. The summed E-state index contributed by atoms with van der Waals surface area (Å²) in [7, 11) is 2.05. The lowest BCUT2D eigenvalue weighted by Crippen LogP contribution is -2.49. The Hall–Kier alpha value is -1.91. The normalized spacial score (nSPS) is 18.9. The van der Waals surface area contributed by atoms with Gasteiger partial charge in [0.2, 0.25) is 0 Å². The van der Waals surface area contributed by atoms with Crippen LogP contribution >= 0.6 is 11.6 Å². The highest BCUT2D eigenvalue weighted by Crippen LogP contribution is 2.26. The Balaban J connectivity index is 1.83. The number of hydrogen-bond acceptors (Lipinski definition) is 2. The standard InChI is InChI=1S/C18H18ClFN2O/c1-21-9-10-22(12-17(21)13-5-3-2-4-6-13)18(23)15-11-14(20)7-8-16(15)19/h2-8,11,17H,9-10,12H2,1H3. The quantitative estimate of drug-likeness (QED) is 0.838. The van der Waals surface area contributed by atoms with Crippen LogP contribution in [0.1, 0.15) is 22.0 Å². The molecule has 0 aliphatic carbocycles. The number of halogens is 2. The van der Waals surface area contributed by atoms with Gasteiger partial charge in [0.15, 0.2) is 0 Å². The minimum Gasteiger partial charge on any atom is -0.335 e. The van der Waals surface area contributed by atoms with Crippen molar-refractivity contribution in [2.75, 3.05) is 26.7 Å². The molecule has 1 aliphatic rings. The predicted molar refractivity (Wildman–Crippen MR) is 89.1 cm³/mol. The van der Waals surface area contributed by atoms with Crippen LogP contribution in [0.25, 0.3) is 0 Å². The molecule has 1 unspecified atom stereocenters. The van der Waals surface area contributed by atoms with Crippen molar-refractivity contribution in [3.05, 3.63) is 70.5 Å². The van der Waals surface area contributed by atoms with Gasteiger partial charge in [-0.3, -0.25) is 9.69 Å². The van der Waals surface area contributed by atoms with E-state index in [1.807, 2.05) is 18.2 Å². The summed E-state index contributed by atoms with van der Waals surface area (Å²) in [5.41, 5.74) is 1.39. The topological polar surface area (TPSA) is 23.6 Å². The molecule has 23 heavy (non-hydrogen) atoms. The Morgan fingerprint density at radius 1 is 1.17 bits per heavy atom. The van der Waals surface area contributed by atoms with Crippen LogP contribution in [0.5, 0.6) is 0 Å². The number of benzene rings is 2. The van der Waals surface area contributed by atoms with Crippen molar-refractivity contribution < 1.29 is 9.18 Å². The zero-order valence-corrected chi connectivity index (χ0v) is 13.6. The van der Waals surface area contributed by atoms with Gasteiger partial charge in [0.25, 0.3) is 5.91 Å². The van der Waals surface area contributed by atoms with E-state index in [9.17, 15) is 9.18 Å². The third-order valence-electron chi connectivity index (χ3n) is 4.28. The van der Waals surface area contributed by atoms with Gasteiger partial charge in [0.1, 0.15) is 5.82 Å². The number of piperazine rings is 1. The van der Waals surface area contributed by atoms with Gasteiger partial charge in [-0.1, -0.05) is 41.9 Å². The van der Waals surface area contributed by atoms with Gasteiger partial charge in [-0.2, -0.15) is 0 Å². The molecule has 0 spiro atoms. The van der Waals surface area contributed by atoms with E-state index < -0.39 is 5.82 Å². The first kappa shape index (κ1) is 16.0. The molecule has 120 valence electrons. The fraction of sp³-hybridized carbons (Fsp3) is 0.278. The van der Waals surface area contributed by atoms with E-state index in [0.29, 0.717) is 13.1 Å². The highest BCUT2D eigenvalue weighted by Gasteiger charge is 2.29. The SMILES string of the molecule is CN1CCN(C(=O)c2cc(F)ccc2Cl)CC1c1ccccc1. The van der Waals surface area contributed by atoms with Crippen LogP contribution in [0.2, 0.25) is 5.02 Å². The Kier molecular flexibility index (Phi) is 4.64. The second-order valence-electron chi connectivity index (χ2n) is 5.78.